The first-order chi connectivity index (χ1) is 13.5. The average molecular weight is 403 g/mol. The molecule has 2 aromatic rings. The van der Waals surface area contributed by atoms with Crippen LogP contribution in [0.4, 0.5) is 5.69 Å². The van der Waals surface area contributed by atoms with Gasteiger partial charge in [0.1, 0.15) is 0 Å². The lowest BCUT2D eigenvalue weighted by atomic mass is 10.0. The van der Waals surface area contributed by atoms with E-state index in [0.29, 0.717) is 10.6 Å². The van der Waals surface area contributed by atoms with E-state index in [4.69, 9.17) is 21.1 Å². The summed E-state index contributed by atoms with van der Waals surface area (Å²) < 4.78 is 9.69. The summed E-state index contributed by atoms with van der Waals surface area (Å²) in [6, 6.07) is 11.5. The molecule has 8 heteroatoms. The Morgan fingerprint density at radius 2 is 1.57 bits per heavy atom. The summed E-state index contributed by atoms with van der Waals surface area (Å²) in [5.74, 6) is -2.08. The van der Waals surface area contributed by atoms with E-state index in [0.717, 1.165) is 0 Å². The van der Waals surface area contributed by atoms with Crippen molar-refractivity contribution in [2.75, 3.05) is 13.2 Å². The van der Waals surface area contributed by atoms with Gasteiger partial charge in [-0.1, -0.05) is 41.9 Å². The number of rotatable bonds is 8. The van der Waals surface area contributed by atoms with Crippen LogP contribution in [0.2, 0.25) is 5.02 Å². The number of hydrogen-bond donors (Lipinski definition) is 0. The molecule has 0 saturated carbocycles. The molecule has 2 rings (SSSR count). The summed E-state index contributed by atoms with van der Waals surface area (Å²) in [5, 5.41) is 8.06. The monoisotopic (exact) mass is 402 g/mol. The first kappa shape index (κ1) is 21.2. The molecule has 0 saturated heterocycles. The van der Waals surface area contributed by atoms with Crippen molar-refractivity contribution in [3.63, 3.8) is 0 Å². The predicted molar refractivity (Wildman–Crippen MR) is 103 cm³/mol. The zero-order valence-corrected chi connectivity index (χ0v) is 16.2. The zero-order valence-electron chi connectivity index (χ0n) is 15.4. The third-order valence-corrected chi connectivity index (χ3v) is 3.77. The minimum atomic E-state index is -1.57. The van der Waals surface area contributed by atoms with Gasteiger partial charge in [0, 0.05) is 10.6 Å². The molecule has 0 radical (unpaired) electrons. The third kappa shape index (κ3) is 5.47. The summed E-state index contributed by atoms with van der Waals surface area (Å²) >= 11 is 6.02. The average Bonchev–Trinajstić information content (AvgIpc) is 2.69. The van der Waals surface area contributed by atoms with Crippen LogP contribution in [0.15, 0.2) is 58.8 Å². The minimum Gasteiger partial charge on any atom is -0.464 e. The van der Waals surface area contributed by atoms with E-state index < -0.39 is 18.0 Å². The van der Waals surface area contributed by atoms with Gasteiger partial charge in [0.2, 0.25) is 0 Å². The molecule has 0 spiro atoms. The van der Waals surface area contributed by atoms with Gasteiger partial charge < -0.3 is 9.47 Å². The number of carbonyl (C=O) groups is 3. The maximum absolute atomic E-state index is 12.8. The molecule has 28 heavy (non-hydrogen) atoms. The number of carbonyl (C=O) groups excluding carboxylic acids is 3. The maximum Gasteiger partial charge on any atom is 0.344 e. The molecular weight excluding hydrogens is 384 g/mol. The van der Waals surface area contributed by atoms with Crippen molar-refractivity contribution in [2.45, 2.75) is 19.9 Å². The summed E-state index contributed by atoms with van der Waals surface area (Å²) in [5.41, 5.74) is 0.791. The number of halogens is 1. The first-order valence-electron chi connectivity index (χ1n) is 8.61. The number of hydrogen-bond acceptors (Lipinski definition) is 7. The Morgan fingerprint density at radius 3 is 2.14 bits per heavy atom. The SMILES string of the molecule is CCOC(=O)C(N=Nc1ccc(Cl)cc1C(=O)c1ccccc1)C(=O)OCC. The fraction of sp³-hybridized carbons (Fsp3) is 0.250. The topological polar surface area (TPSA) is 94.4 Å². The van der Waals surface area contributed by atoms with Gasteiger partial charge in [-0.05, 0) is 32.0 Å². The van der Waals surface area contributed by atoms with Crippen LogP contribution in [0.5, 0.6) is 0 Å². The van der Waals surface area contributed by atoms with E-state index >= 15 is 0 Å². The Balaban J connectivity index is 2.39. The minimum absolute atomic E-state index is 0.0724. The van der Waals surface area contributed by atoms with Crippen LogP contribution < -0.4 is 0 Å². The van der Waals surface area contributed by atoms with Crippen LogP contribution in [0.3, 0.4) is 0 Å². The molecule has 2 aromatic carbocycles. The van der Waals surface area contributed by atoms with Gasteiger partial charge in [0.15, 0.2) is 5.78 Å². The van der Waals surface area contributed by atoms with Crippen molar-refractivity contribution in [3.05, 3.63) is 64.7 Å². The lowest BCUT2D eigenvalue weighted by Gasteiger charge is -2.10. The molecule has 0 bridgehead atoms. The largest absolute Gasteiger partial charge is 0.464 e. The standard InChI is InChI=1S/C20H19ClN2O5/c1-3-27-19(25)17(20(26)28-4-2)23-22-16-11-10-14(21)12-15(16)18(24)13-8-6-5-7-9-13/h5-12,17H,3-4H2,1-2H3. The van der Waals surface area contributed by atoms with E-state index in [9.17, 15) is 14.4 Å². The molecule has 0 heterocycles. The van der Waals surface area contributed by atoms with Crippen LogP contribution in [-0.4, -0.2) is 37.0 Å². The fourth-order valence-electron chi connectivity index (χ4n) is 2.28. The first-order valence-corrected chi connectivity index (χ1v) is 8.99. The van der Waals surface area contributed by atoms with Gasteiger partial charge in [-0.25, -0.2) is 9.59 Å². The van der Waals surface area contributed by atoms with E-state index in [1.165, 1.54) is 18.2 Å². The Bertz CT molecular complexity index is 865. The fourth-order valence-corrected chi connectivity index (χ4v) is 2.45. The predicted octanol–water partition coefficient (Wildman–Crippen LogP) is 4.15. The van der Waals surface area contributed by atoms with Gasteiger partial charge in [0.05, 0.1) is 24.5 Å². The third-order valence-electron chi connectivity index (χ3n) is 3.54. The van der Waals surface area contributed by atoms with Crippen molar-refractivity contribution in [1.29, 1.82) is 0 Å². The summed E-state index contributed by atoms with van der Waals surface area (Å²) in [6.45, 7) is 3.35. The van der Waals surface area contributed by atoms with Crippen LogP contribution in [-0.2, 0) is 19.1 Å². The van der Waals surface area contributed by atoms with E-state index in [1.807, 2.05) is 0 Å². The highest BCUT2D eigenvalue weighted by Gasteiger charge is 2.29. The number of ketones is 1. The maximum atomic E-state index is 12.8. The molecule has 0 fully saturated rings. The highest BCUT2D eigenvalue weighted by atomic mass is 35.5. The molecule has 7 nitrogen and oxygen atoms in total. The summed E-state index contributed by atoms with van der Waals surface area (Å²) in [4.78, 5) is 36.8. The molecule has 0 aliphatic heterocycles. The normalized spacial score (nSPS) is 10.9. The molecule has 0 aliphatic carbocycles. The van der Waals surface area contributed by atoms with Crippen molar-refractivity contribution < 1.29 is 23.9 Å². The molecular formula is C20H19ClN2O5. The zero-order chi connectivity index (χ0) is 20.5. The lowest BCUT2D eigenvalue weighted by molar-refractivity contribution is -0.156. The van der Waals surface area contributed by atoms with Gasteiger partial charge >= 0.3 is 11.9 Å². The lowest BCUT2D eigenvalue weighted by Crippen LogP contribution is -2.31. The second-order valence-corrected chi connectivity index (χ2v) is 5.92. The number of azo groups is 1. The highest BCUT2D eigenvalue weighted by Crippen LogP contribution is 2.26. The Morgan fingerprint density at radius 1 is 0.964 bits per heavy atom. The van der Waals surface area contributed by atoms with Crippen LogP contribution >= 0.6 is 11.6 Å². The molecule has 0 amide bonds. The van der Waals surface area contributed by atoms with Crippen molar-refractivity contribution in [2.24, 2.45) is 10.2 Å². The molecule has 0 aromatic heterocycles. The number of nitrogens with zero attached hydrogens (tertiary/aromatic N) is 2. The van der Waals surface area contributed by atoms with Crippen molar-refractivity contribution in [3.8, 4) is 0 Å². The van der Waals surface area contributed by atoms with Gasteiger partial charge in [-0.3, -0.25) is 4.79 Å². The number of ether oxygens (including phenoxy) is 2. The summed E-state index contributed by atoms with van der Waals surface area (Å²) in [6.07, 6.45) is 0. The van der Waals surface area contributed by atoms with Crippen molar-refractivity contribution >= 4 is 35.0 Å². The number of benzene rings is 2. The molecule has 0 atom stereocenters. The summed E-state index contributed by atoms with van der Waals surface area (Å²) in [7, 11) is 0. The second-order valence-electron chi connectivity index (χ2n) is 5.48. The van der Waals surface area contributed by atoms with Gasteiger partial charge in [0.25, 0.3) is 6.04 Å². The van der Waals surface area contributed by atoms with Gasteiger partial charge in [-0.15, -0.1) is 0 Å². The van der Waals surface area contributed by atoms with Crippen LogP contribution in [0.1, 0.15) is 29.8 Å². The van der Waals surface area contributed by atoms with Crippen LogP contribution in [0, 0.1) is 0 Å². The van der Waals surface area contributed by atoms with Crippen LogP contribution in [0.25, 0.3) is 0 Å². The quantitative estimate of drug-likeness (QED) is 0.286. The number of esters is 2. The highest BCUT2D eigenvalue weighted by molar-refractivity contribution is 6.31. The Hall–Kier alpha value is -3.06. The molecule has 146 valence electrons. The Labute approximate surface area is 167 Å². The van der Waals surface area contributed by atoms with E-state index in [1.54, 1.807) is 44.2 Å². The molecule has 0 unspecified atom stereocenters. The molecule has 0 aliphatic rings. The second kappa shape index (κ2) is 10.3. The smallest absolute Gasteiger partial charge is 0.344 e. The Kier molecular flexibility index (Phi) is 7.83. The van der Waals surface area contributed by atoms with E-state index in [-0.39, 0.29) is 30.2 Å². The van der Waals surface area contributed by atoms with E-state index in [2.05, 4.69) is 10.2 Å². The van der Waals surface area contributed by atoms with Gasteiger partial charge in [-0.2, -0.15) is 10.2 Å². The molecule has 0 N–H and O–H groups in total. The van der Waals surface area contributed by atoms with Crippen molar-refractivity contribution in [1.82, 2.24) is 0 Å².